The van der Waals surface area contributed by atoms with E-state index in [4.69, 9.17) is 22.1 Å². The Balaban J connectivity index is 2.30. The minimum absolute atomic E-state index is 0.0147. The van der Waals surface area contributed by atoms with Gasteiger partial charge in [-0.1, -0.05) is 23.7 Å². The summed E-state index contributed by atoms with van der Waals surface area (Å²) >= 11 is 5.99. The van der Waals surface area contributed by atoms with Crippen molar-refractivity contribution in [3.8, 4) is 5.75 Å². The zero-order valence-electron chi connectivity index (χ0n) is 11.3. The lowest BCUT2D eigenvalue weighted by Gasteiger charge is -2.18. The molecule has 2 rings (SSSR count). The maximum Gasteiger partial charge on any atom is 0.123 e. The number of hydrogen-bond acceptors (Lipinski definition) is 2. The molecule has 0 aliphatic rings. The van der Waals surface area contributed by atoms with Crippen molar-refractivity contribution in [1.82, 2.24) is 0 Å². The number of benzene rings is 2. The topological polar surface area (TPSA) is 35.2 Å². The van der Waals surface area contributed by atoms with Gasteiger partial charge < -0.3 is 10.5 Å². The summed E-state index contributed by atoms with van der Waals surface area (Å²) < 4.78 is 18.8. The van der Waals surface area contributed by atoms with Gasteiger partial charge in [-0.25, -0.2) is 4.39 Å². The van der Waals surface area contributed by atoms with E-state index in [1.807, 2.05) is 24.3 Å². The molecular weight excluding hydrogens is 277 g/mol. The number of ether oxygens (including phenoxy) is 1. The Hall–Kier alpha value is -1.58. The molecule has 1 atom stereocenters. The van der Waals surface area contributed by atoms with E-state index in [1.165, 1.54) is 12.1 Å². The lowest BCUT2D eigenvalue weighted by atomic mass is 9.91. The molecule has 2 N–H and O–H groups in total. The second-order valence-corrected chi connectivity index (χ2v) is 5.09. The van der Waals surface area contributed by atoms with E-state index >= 15 is 0 Å². The summed E-state index contributed by atoms with van der Waals surface area (Å²) in [5.74, 6) is 0.355. The third kappa shape index (κ3) is 3.50. The Labute approximate surface area is 123 Å². The van der Waals surface area contributed by atoms with E-state index < -0.39 is 0 Å². The van der Waals surface area contributed by atoms with Crippen LogP contribution < -0.4 is 10.5 Å². The lowest BCUT2D eigenvalue weighted by molar-refractivity contribution is 0.403. The maximum atomic E-state index is 13.5. The lowest BCUT2D eigenvalue weighted by Crippen LogP contribution is -2.16. The van der Waals surface area contributed by atoms with Crippen molar-refractivity contribution in [2.45, 2.75) is 12.3 Å². The average molecular weight is 294 g/mol. The summed E-state index contributed by atoms with van der Waals surface area (Å²) in [5, 5.41) is 0.685. The molecule has 0 fully saturated rings. The number of hydrogen-bond donors (Lipinski definition) is 1. The largest absolute Gasteiger partial charge is 0.496 e. The van der Waals surface area contributed by atoms with Crippen LogP contribution in [-0.4, -0.2) is 13.7 Å². The van der Waals surface area contributed by atoms with Crippen LogP contribution in [-0.2, 0) is 6.42 Å². The van der Waals surface area contributed by atoms with Crippen molar-refractivity contribution in [1.29, 1.82) is 0 Å². The first kappa shape index (κ1) is 14.8. The van der Waals surface area contributed by atoms with Crippen molar-refractivity contribution in [3.63, 3.8) is 0 Å². The molecule has 0 heterocycles. The highest BCUT2D eigenvalue weighted by Crippen LogP contribution is 2.30. The summed E-state index contributed by atoms with van der Waals surface area (Å²) in [6, 6.07) is 12.1. The monoisotopic (exact) mass is 293 g/mol. The van der Waals surface area contributed by atoms with E-state index in [9.17, 15) is 4.39 Å². The molecule has 0 bridgehead atoms. The van der Waals surface area contributed by atoms with Crippen molar-refractivity contribution >= 4 is 11.6 Å². The van der Waals surface area contributed by atoms with Gasteiger partial charge in [0.1, 0.15) is 11.6 Å². The van der Waals surface area contributed by atoms with Gasteiger partial charge in [-0.05, 0) is 48.9 Å². The molecular formula is C16H17ClFNO. The maximum absolute atomic E-state index is 13.5. The number of nitrogens with two attached hydrogens (primary N) is 1. The molecule has 0 aliphatic heterocycles. The van der Waals surface area contributed by atoms with Gasteiger partial charge in [0.15, 0.2) is 0 Å². The Morgan fingerprint density at radius 1 is 1.25 bits per heavy atom. The molecule has 0 spiro atoms. The highest BCUT2D eigenvalue weighted by Gasteiger charge is 2.16. The molecule has 0 saturated heterocycles. The fraction of sp³-hybridized carbons (Fsp3) is 0.250. The van der Waals surface area contributed by atoms with Crippen LogP contribution in [0.3, 0.4) is 0 Å². The minimum Gasteiger partial charge on any atom is -0.496 e. The van der Waals surface area contributed by atoms with Gasteiger partial charge in [0.25, 0.3) is 0 Å². The SMILES string of the molecule is COc1ccc(F)cc1C(CN)Cc1cccc(Cl)c1. The molecule has 0 saturated carbocycles. The zero-order chi connectivity index (χ0) is 14.5. The van der Waals surface area contributed by atoms with Crippen LogP contribution in [0.2, 0.25) is 5.02 Å². The highest BCUT2D eigenvalue weighted by molar-refractivity contribution is 6.30. The van der Waals surface area contributed by atoms with E-state index in [0.29, 0.717) is 23.7 Å². The molecule has 0 aliphatic carbocycles. The molecule has 2 nitrogen and oxygen atoms in total. The van der Waals surface area contributed by atoms with Gasteiger partial charge >= 0.3 is 0 Å². The average Bonchev–Trinajstić information content (AvgIpc) is 2.45. The molecule has 2 aromatic rings. The Kier molecular flexibility index (Phi) is 4.99. The zero-order valence-corrected chi connectivity index (χ0v) is 12.0. The molecule has 20 heavy (non-hydrogen) atoms. The van der Waals surface area contributed by atoms with E-state index in [2.05, 4.69) is 0 Å². The van der Waals surface area contributed by atoms with Crippen molar-refractivity contribution in [2.75, 3.05) is 13.7 Å². The van der Waals surface area contributed by atoms with Crippen LogP contribution in [0, 0.1) is 5.82 Å². The van der Waals surface area contributed by atoms with Gasteiger partial charge in [0, 0.05) is 16.5 Å². The van der Waals surface area contributed by atoms with Crippen molar-refractivity contribution in [3.05, 3.63) is 64.4 Å². The molecule has 106 valence electrons. The van der Waals surface area contributed by atoms with Gasteiger partial charge in [-0.3, -0.25) is 0 Å². The summed E-state index contributed by atoms with van der Waals surface area (Å²) in [7, 11) is 1.57. The third-order valence-corrected chi connectivity index (χ3v) is 3.52. The first-order chi connectivity index (χ1) is 9.63. The summed E-state index contributed by atoms with van der Waals surface area (Å²) in [4.78, 5) is 0. The quantitative estimate of drug-likeness (QED) is 0.911. The van der Waals surface area contributed by atoms with Gasteiger partial charge in [0.05, 0.1) is 7.11 Å². The van der Waals surface area contributed by atoms with Crippen molar-refractivity contribution < 1.29 is 9.13 Å². The summed E-state index contributed by atoms with van der Waals surface area (Å²) in [6.07, 6.45) is 0.691. The second-order valence-electron chi connectivity index (χ2n) is 4.65. The fourth-order valence-electron chi connectivity index (χ4n) is 2.29. The smallest absolute Gasteiger partial charge is 0.123 e. The first-order valence-corrected chi connectivity index (χ1v) is 6.79. The molecule has 1 unspecified atom stereocenters. The van der Waals surface area contributed by atoms with Gasteiger partial charge in [0.2, 0.25) is 0 Å². The standard InChI is InChI=1S/C16H17ClFNO/c1-20-16-6-5-14(18)9-15(16)12(10-19)7-11-3-2-4-13(17)8-11/h2-6,8-9,12H,7,10,19H2,1H3. The molecule has 2 aromatic carbocycles. The van der Waals surface area contributed by atoms with E-state index in [1.54, 1.807) is 13.2 Å². The Morgan fingerprint density at radius 3 is 2.70 bits per heavy atom. The van der Waals surface area contributed by atoms with Gasteiger partial charge in [-0.2, -0.15) is 0 Å². The Bertz CT molecular complexity index is 588. The Morgan fingerprint density at radius 2 is 2.05 bits per heavy atom. The van der Waals surface area contributed by atoms with Crippen LogP contribution in [0.15, 0.2) is 42.5 Å². The van der Waals surface area contributed by atoms with Crippen LogP contribution >= 0.6 is 11.6 Å². The van der Waals surface area contributed by atoms with Crippen LogP contribution in [0.4, 0.5) is 4.39 Å². The highest BCUT2D eigenvalue weighted by atomic mass is 35.5. The van der Waals surface area contributed by atoms with Crippen LogP contribution in [0.5, 0.6) is 5.75 Å². The van der Waals surface area contributed by atoms with Crippen molar-refractivity contribution in [2.24, 2.45) is 5.73 Å². The normalized spacial score (nSPS) is 12.2. The summed E-state index contributed by atoms with van der Waals surface area (Å²) in [5.41, 5.74) is 7.71. The molecule has 0 radical (unpaired) electrons. The van der Waals surface area contributed by atoms with Crippen LogP contribution in [0.25, 0.3) is 0 Å². The van der Waals surface area contributed by atoms with Gasteiger partial charge in [-0.15, -0.1) is 0 Å². The molecule has 0 aromatic heterocycles. The minimum atomic E-state index is -0.287. The predicted octanol–water partition coefficient (Wildman–Crippen LogP) is 3.77. The summed E-state index contributed by atoms with van der Waals surface area (Å²) in [6.45, 7) is 0.409. The number of halogens is 2. The van der Waals surface area contributed by atoms with E-state index in [-0.39, 0.29) is 11.7 Å². The predicted molar refractivity (Wildman–Crippen MR) is 79.9 cm³/mol. The fourth-order valence-corrected chi connectivity index (χ4v) is 2.51. The van der Waals surface area contributed by atoms with Crippen LogP contribution in [0.1, 0.15) is 17.0 Å². The first-order valence-electron chi connectivity index (χ1n) is 6.42. The number of rotatable bonds is 5. The third-order valence-electron chi connectivity index (χ3n) is 3.29. The van der Waals surface area contributed by atoms with E-state index in [0.717, 1.165) is 11.1 Å². The second kappa shape index (κ2) is 6.73. The molecule has 4 heteroatoms. The molecule has 0 amide bonds. The number of methoxy groups -OCH3 is 1.